The van der Waals surface area contributed by atoms with Gasteiger partial charge in [-0.15, -0.1) is 0 Å². The van der Waals surface area contributed by atoms with Crippen molar-refractivity contribution in [3.05, 3.63) is 21.8 Å². The number of rotatable bonds is 5. The number of nitrogens with zero attached hydrogens (tertiary/aromatic N) is 1. The molecule has 0 saturated heterocycles. The van der Waals surface area contributed by atoms with Gasteiger partial charge in [0.2, 0.25) is 0 Å². The summed E-state index contributed by atoms with van der Waals surface area (Å²) in [5.74, 6) is 0.686. The molecule has 1 aromatic rings. The van der Waals surface area contributed by atoms with Gasteiger partial charge in [0.05, 0.1) is 11.1 Å². The summed E-state index contributed by atoms with van der Waals surface area (Å²) in [5.41, 5.74) is 0. The van der Waals surface area contributed by atoms with Crippen LogP contribution in [0.3, 0.4) is 0 Å². The summed E-state index contributed by atoms with van der Waals surface area (Å²) in [6.45, 7) is 5.39. The van der Waals surface area contributed by atoms with E-state index in [0.29, 0.717) is 24.0 Å². The highest BCUT2D eigenvalue weighted by molar-refractivity contribution is 9.10. The molecule has 84 valence electrons. The maximum absolute atomic E-state index is 5.99. The maximum atomic E-state index is 5.99. The van der Waals surface area contributed by atoms with Crippen LogP contribution in [0.25, 0.3) is 0 Å². The van der Waals surface area contributed by atoms with Crippen LogP contribution in [0.1, 0.15) is 13.8 Å². The minimum absolute atomic E-state index is 0.150. The summed E-state index contributed by atoms with van der Waals surface area (Å²) in [6, 6.07) is 1.81. The molecule has 1 N–H and O–H groups in total. The first-order valence-corrected chi connectivity index (χ1v) is 5.97. The van der Waals surface area contributed by atoms with E-state index in [1.807, 2.05) is 19.9 Å². The van der Waals surface area contributed by atoms with Crippen LogP contribution in [0, 0.1) is 0 Å². The molecule has 3 nitrogen and oxygen atoms in total. The molecule has 0 fully saturated rings. The molecule has 1 atom stereocenters. The monoisotopic (exact) mass is 292 g/mol. The lowest BCUT2D eigenvalue weighted by molar-refractivity contribution is 0.0855. The third-order valence-electron chi connectivity index (χ3n) is 1.82. The van der Waals surface area contributed by atoms with Gasteiger partial charge in [-0.1, -0.05) is 11.6 Å². The number of nitrogens with one attached hydrogen (secondary N) is 1. The van der Waals surface area contributed by atoms with Crippen LogP contribution < -0.4 is 5.32 Å². The second-order valence-corrected chi connectivity index (χ2v) is 4.45. The van der Waals surface area contributed by atoms with Crippen LogP contribution in [0.5, 0.6) is 0 Å². The molecule has 0 amide bonds. The van der Waals surface area contributed by atoms with Gasteiger partial charge in [-0.25, -0.2) is 4.98 Å². The van der Waals surface area contributed by atoms with E-state index in [4.69, 9.17) is 16.3 Å². The Kier molecular flexibility index (Phi) is 5.36. The first-order chi connectivity index (χ1) is 7.13. The Morgan fingerprint density at radius 2 is 2.40 bits per heavy atom. The van der Waals surface area contributed by atoms with E-state index in [1.54, 1.807) is 6.20 Å². The molecule has 1 heterocycles. The Balaban J connectivity index is 2.50. The molecule has 1 unspecified atom stereocenters. The van der Waals surface area contributed by atoms with Crippen molar-refractivity contribution in [3.8, 4) is 0 Å². The fourth-order valence-electron chi connectivity index (χ4n) is 1.13. The molecular formula is C10H14BrClN2O. The zero-order chi connectivity index (χ0) is 11.3. The van der Waals surface area contributed by atoms with E-state index < -0.39 is 0 Å². The average molecular weight is 294 g/mol. The Labute approximate surface area is 103 Å². The topological polar surface area (TPSA) is 34.1 Å². The molecule has 5 heteroatoms. The van der Waals surface area contributed by atoms with Crippen molar-refractivity contribution in [2.45, 2.75) is 20.0 Å². The summed E-state index contributed by atoms with van der Waals surface area (Å²) < 4.78 is 6.26. The highest BCUT2D eigenvalue weighted by atomic mass is 79.9. The van der Waals surface area contributed by atoms with Crippen LogP contribution in [-0.4, -0.2) is 24.2 Å². The summed E-state index contributed by atoms with van der Waals surface area (Å²) in [4.78, 5) is 4.16. The molecule has 0 saturated carbocycles. The zero-order valence-electron chi connectivity index (χ0n) is 8.76. The van der Waals surface area contributed by atoms with E-state index in [-0.39, 0.29) is 6.10 Å². The predicted molar refractivity (Wildman–Crippen MR) is 66.5 cm³/mol. The summed E-state index contributed by atoms with van der Waals surface area (Å²) >= 11 is 9.30. The molecule has 0 aliphatic rings. The minimum Gasteiger partial charge on any atom is -0.377 e. The number of anilines is 1. The predicted octanol–water partition coefficient (Wildman–Crippen LogP) is 3.33. The molecule has 0 aliphatic carbocycles. The largest absolute Gasteiger partial charge is 0.377 e. The zero-order valence-corrected chi connectivity index (χ0v) is 11.1. The van der Waals surface area contributed by atoms with Gasteiger partial charge >= 0.3 is 0 Å². The van der Waals surface area contributed by atoms with Crippen molar-refractivity contribution >= 4 is 33.3 Å². The molecule has 1 aromatic heterocycles. The lowest BCUT2D eigenvalue weighted by atomic mass is 10.4. The molecule has 0 bridgehead atoms. The lowest BCUT2D eigenvalue weighted by Gasteiger charge is -2.13. The smallest absolute Gasteiger partial charge is 0.144 e. The van der Waals surface area contributed by atoms with Gasteiger partial charge in [-0.3, -0.25) is 0 Å². The van der Waals surface area contributed by atoms with E-state index in [0.717, 1.165) is 4.47 Å². The van der Waals surface area contributed by atoms with Gasteiger partial charge in [0.1, 0.15) is 5.82 Å². The highest BCUT2D eigenvalue weighted by Gasteiger charge is 2.05. The fraction of sp³-hybridized carbons (Fsp3) is 0.500. The van der Waals surface area contributed by atoms with Gasteiger partial charge in [-0.05, 0) is 35.8 Å². The fourth-order valence-corrected chi connectivity index (χ4v) is 1.82. The second-order valence-electron chi connectivity index (χ2n) is 3.13. The van der Waals surface area contributed by atoms with Crippen molar-refractivity contribution in [1.82, 2.24) is 4.98 Å². The van der Waals surface area contributed by atoms with E-state index in [1.165, 1.54) is 0 Å². The SMILES string of the molecule is CCOC(C)CNc1ncc(Br)cc1Cl. The third-order valence-corrected chi connectivity index (χ3v) is 2.54. The second kappa shape index (κ2) is 6.30. The number of halogens is 2. The molecule has 0 aromatic carbocycles. The van der Waals surface area contributed by atoms with Crippen molar-refractivity contribution < 1.29 is 4.74 Å². The number of hydrogen-bond acceptors (Lipinski definition) is 3. The molecule has 15 heavy (non-hydrogen) atoms. The maximum Gasteiger partial charge on any atom is 0.144 e. The number of pyridine rings is 1. The normalized spacial score (nSPS) is 12.5. The van der Waals surface area contributed by atoms with Crippen LogP contribution in [0.4, 0.5) is 5.82 Å². The first-order valence-electron chi connectivity index (χ1n) is 4.80. The van der Waals surface area contributed by atoms with E-state index >= 15 is 0 Å². The Morgan fingerprint density at radius 3 is 3.00 bits per heavy atom. The van der Waals surface area contributed by atoms with Crippen molar-refractivity contribution in [2.24, 2.45) is 0 Å². The van der Waals surface area contributed by atoms with Crippen LogP contribution in [0.2, 0.25) is 5.02 Å². The van der Waals surface area contributed by atoms with Gasteiger partial charge < -0.3 is 10.1 Å². The number of hydrogen-bond donors (Lipinski definition) is 1. The molecule has 0 radical (unpaired) electrons. The summed E-state index contributed by atoms with van der Waals surface area (Å²) in [5, 5.41) is 3.74. The molecule has 0 aliphatic heterocycles. The molecule has 0 spiro atoms. The van der Waals surface area contributed by atoms with Crippen LogP contribution >= 0.6 is 27.5 Å². The molecule has 1 rings (SSSR count). The van der Waals surface area contributed by atoms with Gasteiger partial charge in [0.25, 0.3) is 0 Å². The molecular weight excluding hydrogens is 279 g/mol. The summed E-state index contributed by atoms with van der Waals surface area (Å²) in [6.07, 6.45) is 1.86. The Bertz CT molecular complexity index is 322. The Morgan fingerprint density at radius 1 is 1.67 bits per heavy atom. The van der Waals surface area contributed by atoms with Crippen LogP contribution in [-0.2, 0) is 4.74 Å². The van der Waals surface area contributed by atoms with Gasteiger partial charge in [-0.2, -0.15) is 0 Å². The number of aromatic nitrogens is 1. The van der Waals surface area contributed by atoms with Crippen molar-refractivity contribution in [1.29, 1.82) is 0 Å². The highest BCUT2D eigenvalue weighted by Crippen LogP contribution is 2.22. The minimum atomic E-state index is 0.150. The van der Waals surface area contributed by atoms with E-state index in [9.17, 15) is 0 Å². The average Bonchev–Trinajstić information content (AvgIpc) is 2.17. The lowest BCUT2D eigenvalue weighted by Crippen LogP contribution is -2.20. The standard InChI is InChI=1S/C10H14BrClN2O/c1-3-15-7(2)5-13-10-9(12)4-8(11)6-14-10/h4,6-7H,3,5H2,1-2H3,(H,13,14). The van der Waals surface area contributed by atoms with Crippen molar-refractivity contribution in [3.63, 3.8) is 0 Å². The van der Waals surface area contributed by atoms with E-state index in [2.05, 4.69) is 26.2 Å². The number of ether oxygens (including phenoxy) is 1. The van der Waals surface area contributed by atoms with Crippen molar-refractivity contribution in [2.75, 3.05) is 18.5 Å². The van der Waals surface area contributed by atoms with Gasteiger partial charge in [0, 0.05) is 23.8 Å². The van der Waals surface area contributed by atoms with Gasteiger partial charge in [0.15, 0.2) is 0 Å². The Hall–Kier alpha value is -0.320. The summed E-state index contributed by atoms with van der Waals surface area (Å²) in [7, 11) is 0. The third kappa shape index (κ3) is 4.36. The quantitative estimate of drug-likeness (QED) is 0.904. The first kappa shape index (κ1) is 12.7. The van der Waals surface area contributed by atoms with Crippen LogP contribution in [0.15, 0.2) is 16.7 Å².